The van der Waals surface area contributed by atoms with Crippen molar-refractivity contribution in [1.82, 2.24) is 4.31 Å². The average Bonchev–Trinajstić information content (AvgIpc) is 2.86. The SMILES string of the molecule is Cc1ccc(S(C)(=O)=O)cc1S(=O)(=O)N1CCCC1CN.Cl. The second kappa shape index (κ2) is 6.84. The van der Waals surface area contributed by atoms with E-state index < -0.39 is 19.9 Å². The molecule has 1 heterocycles. The van der Waals surface area contributed by atoms with Gasteiger partial charge in [0.05, 0.1) is 9.79 Å². The number of hydrogen-bond acceptors (Lipinski definition) is 5. The van der Waals surface area contributed by atoms with E-state index in [0.717, 1.165) is 19.1 Å². The van der Waals surface area contributed by atoms with Gasteiger partial charge >= 0.3 is 0 Å². The van der Waals surface area contributed by atoms with Gasteiger partial charge in [-0.1, -0.05) is 6.07 Å². The molecule has 0 saturated carbocycles. The van der Waals surface area contributed by atoms with Crippen molar-refractivity contribution in [2.24, 2.45) is 5.73 Å². The zero-order chi connectivity index (χ0) is 15.8. The van der Waals surface area contributed by atoms with E-state index in [4.69, 9.17) is 5.73 Å². The van der Waals surface area contributed by atoms with Gasteiger partial charge in [-0.05, 0) is 37.5 Å². The fourth-order valence-corrected chi connectivity index (χ4v) is 5.26. The van der Waals surface area contributed by atoms with E-state index in [0.29, 0.717) is 12.1 Å². The van der Waals surface area contributed by atoms with Gasteiger partial charge in [-0.3, -0.25) is 0 Å². The van der Waals surface area contributed by atoms with Crippen LogP contribution < -0.4 is 5.73 Å². The van der Waals surface area contributed by atoms with Crippen LogP contribution in [0.4, 0.5) is 0 Å². The standard InChI is InChI=1S/C13H20N2O4S2.ClH/c1-10-5-6-12(20(2,16)17)8-13(10)21(18,19)15-7-3-4-11(15)9-14;/h5-6,8,11H,3-4,7,9,14H2,1-2H3;1H. The molecular weight excluding hydrogens is 348 g/mol. The van der Waals surface area contributed by atoms with Crippen molar-refractivity contribution in [3.05, 3.63) is 23.8 Å². The van der Waals surface area contributed by atoms with Crippen LogP contribution in [0.1, 0.15) is 18.4 Å². The minimum absolute atomic E-state index is 0. The Balaban J connectivity index is 0.00000242. The largest absolute Gasteiger partial charge is 0.329 e. The second-order valence-electron chi connectivity index (χ2n) is 5.35. The number of sulfonamides is 1. The molecule has 1 aliphatic rings. The van der Waals surface area contributed by atoms with Crippen LogP contribution in [0.3, 0.4) is 0 Å². The van der Waals surface area contributed by atoms with E-state index in [2.05, 4.69) is 0 Å². The van der Waals surface area contributed by atoms with Crippen molar-refractivity contribution in [3.8, 4) is 0 Å². The first-order valence-corrected chi connectivity index (χ1v) is 10.0. The highest BCUT2D eigenvalue weighted by Crippen LogP contribution is 2.28. The normalized spacial score (nSPS) is 19.9. The number of rotatable bonds is 4. The Morgan fingerprint density at radius 2 is 1.91 bits per heavy atom. The van der Waals surface area contributed by atoms with Gasteiger partial charge in [0, 0.05) is 25.4 Å². The van der Waals surface area contributed by atoms with Crippen molar-refractivity contribution >= 4 is 32.3 Å². The highest BCUT2D eigenvalue weighted by Gasteiger charge is 2.35. The third kappa shape index (κ3) is 3.62. The summed E-state index contributed by atoms with van der Waals surface area (Å²) in [5, 5.41) is 0. The van der Waals surface area contributed by atoms with E-state index in [1.165, 1.54) is 22.5 Å². The second-order valence-corrected chi connectivity index (χ2v) is 9.22. The van der Waals surface area contributed by atoms with Gasteiger partial charge in [0.15, 0.2) is 9.84 Å². The highest BCUT2D eigenvalue weighted by atomic mass is 35.5. The summed E-state index contributed by atoms with van der Waals surface area (Å²) in [4.78, 5) is 0.0564. The highest BCUT2D eigenvalue weighted by molar-refractivity contribution is 7.91. The molecule has 0 aliphatic carbocycles. The molecule has 1 fully saturated rings. The fourth-order valence-electron chi connectivity index (χ4n) is 2.58. The number of halogens is 1. The Labute approximate surface area is 138 Å². The summed E-state index contributed by atoms with van der Waals surface area (Å²) in [6.45, 7) is 2.35. The van der Waals surface area contributed by atoms with Crippen molar-refractivity contribution in [2.75, 3.05) is 19.3 Å². The summed E-state index contributed by atoms with van der Waals surface area (Å²) < 4.78 is 50.2. The molecule has 1 atom stereocenters. The Bertz CT molecular complexity index is 747. The lowest BCUT2D eigenvalue weighted by Crippen LogP contribution is -2.40. The molecule has 6 nitrogen and oxygen atoms in total. The minimum atomic E-state index is -3.72. The lowest BCUT2D eigenvalue weighted by Gasteiger charge is -2.24. The molecule has 22 heavy (non-hydrogen) atoms. The topological polar surface area (TPSA) is 97.5 Å². The molecule has 1 unspecified atom stereocenters. The molecule has 1 aromatic carbocycles. The van der Waals surface area contributed by atoms with Crippen LogP contribution in [0.5, 0.6) is 0 Å². The van der Waals surface area contributed by atoms with Gasteiger partial charge in [-0.25, -0.2) is 16.8 Å². The van der Waals surface area contributed by atoms with Crippen LogP contribution in [0, 0.1) is 6.92 Å². The van der Waals surface area contributed by atoms with Crippen LogP contribution in [0.15, 0.2) is 28.0 Å². The number of sulfone groups is 1. The molecule has 0 amide bonds. The molecular formula is C13H21ClN2O4S2. The lowest BCUT2D eigenvalue weighted by atomic mass is 10.2. The van der Waals surface area contributed by atoms with Gasteiger partial charge in [0.25, 0.3) is 0 Å². The Kier molecular flexibility index (Phi) is 6.02. The van der Waals surface area contributed by atoms with Crippen LogP contribution in [-0.4, -0.2) is 46.5 Å². The van der Waals surface area contributed by atoms with Gasteiger partial charge < -0.3 is 5.73 Å². The van der Waals surface area contributed by atoms with Crippen LogP contribution in [-0.2, 0) is 19.9 Å². The molecule has 0 aromatic heterocycles. The molecule has 0 spiro atoms. The third-order valence-electron chi connectivity index (χ3n) is 3.77. The minimum Gasteiger partial charge on any atom is -0.329 e. The predicted molar refractivity (Wildman–Crippen MR) is 87.5 cm³/mol. The summed E-state index contributed by atoms with van der Waals surface area (Å²) in [7, 11) is -7.18. The number of nitrogens with zero attached hydrogens (tertiary/aromatic N) is 1. The lowest BCUT2D eigenvalue weighted by molar-refractivity contribution is 0.392. The summed E-state index contributed by atoms with van der Waals surface area (Å²) in [6.07, 6.45) is 2.57. The van der Waals surface area contributed by atoms with E-state index in [1.54, 1.807) is 6.92 Å². The molecule has 2 N–H and O–H groups in total. The maximum Gasteiger partial charge on any atom is 0.243 e. The molecule has 2 rings (SSSR count). The molecule has 126 valence electrons. The fraction of sp³-hybridized carbons (Fsp3) is 0.538. The van der Waals surface area contributed by atoms with Crippen molar-refractivity contribution in [2.45, 2.75) is 35.6 Å². The monoisotopic (exact) mass is 368 g/mol. The van der Waals surface area contributed by atoms with Gasteiger partial charge in [-0.2, -0.15) is 4.31 Å². The molecule has 9 heteroatoms. The van der Waals surface area contributed by atoms with Gasteiger partial charge in [0.2, 0.25) is 10.0 Å². The Morgan fingerprint density at radius 3 is 2.45 bits per heavy atom. The zero-order valence-electron chi connectivity index (χ0n) is 12.5. The number of benzene rings is 1. The third-order valence-corrected chi connectivity index (χ3v) is 6.97. The molecule has 0 bridgehead atoms. The van der Waals surface area contributed by atoms with Crippen molar-refractivity contribution < 1.29 is 16.8 Å². The van der Waals surface area contributed by atoms with E-state index >= 15 is 0 Å². The maximum atomic E-state index is 12.8. The van der Waals surface area contributed by atoms with E-state index in [9.17, 15) is 16.8 Å². The Morgan fingerprint density at radius 1 is 1.27 bits per heavy atom. The number of hydrogen-bond donors (Lipinski definition) is 1. The van der Waals surface area contributed by atoms with Crippen molar-refractivity contribution in [1.29, 1.82) is 0 Å². The van der Waals surface area contributed by atoms with Crippen LogP contribution in [0.25, 0.3) is 0 Å². The zero-order valence-corrected chi connectivity index (χ0v) is 15.0. The first-order chi connectivity index (χ1) is 9.67. The summed E-state index contributed by atoms with van der Waals surface area (Å²) in [5.41, 5.74) is 6.17. The summed E-state index contributed by atoms with van der Waals surface area (Å²) in [6, 6.07) is 3.98. The predicted octanol–water partition coefficient (Wildman–Crippen LogP) is 0.932. The van der Waals surface area contributed by atoms with Crippen molar-refractivity contribution in [3.63, 3.8) is 0 Å². The molecule has 0 radical (unpaired) electrons. The Hall–Kier alpha value is -0.670. The van der Waals surface area contributed by atoms with E-state index in [1.807, 2.05) is 0 Å². The number of nitrogens with two attached hydrogens (primary N) is 1. The van der Waals surface area contributed by atoms with Crippen LogP contribution >= 0.6 is 12.4 Å². The molecule has 1 saturated heterocycles. The molecule has 1 aromatic rings. The first kappa shape index (κ1) is 19.4. The van der Waals surface area contributed by atoms with Gasteiger partial charge in [-0.15, -0.1) is 12.4 Å². The maximum absolute atomic E-state index is 12.8. The first-order valence-electron chi connectivity index (χ1n) is 6.70. The smallest absolute Gasteiger partial charge is 0.243 e. The molecule has 1 aliphatic heterocycles. The summed E-state index contributed by atoms with van der Waals surface area (Å²) in [5.74, 6) is 0. The number of aryl methyl sites for hydroxylation is 1. The summed E-state index contributed by atoms with van der Waals surface area (Å²) >= 11 is 0. The van der Waals surface area contributed by atoms with Crippen LogP contribution in [0.2, 0.25) is 0 Å². The quantitative estimate of drug-likeness (QED) is 0.852. The average molecular weight is 369 g/mol. The van der Waals surface area contributed by atoms with E-state index in [-0.39, 0.29) is 34.8 Å². The van der Waals surface area contributed by atoms with Gasteiger partial charge in [0.1, 0.15) is 0 Å².